The van der Waals surface area contributed by atoms with Crippen LogP contribution in [0.4, 0.5) is 10.5 Å². The van der Waals surface area contributed by atoms with E-state index in [1.54, 1.807) is 24.3 Å². The zero-order chi connectivity index (χ0) is 15.5. The van der Waals surface area contributed by atoms with Crippen molar-refractivity contribution in [1.82, 2.24) is 0 Å². The summed E-state index contributed by atoms with van der Waals surface area (Å²) < 4.78 is 9.55. The molecule has 0 bridgehead atoms. The van der Waals surface area contributed by atoms with Crippen LogP contribution < -0.4 is 5.32 Å². The maximum Gasteiger partial charge on any atom is 0.364 e. The molecule has 0 aliphatic rings. The highest BCUT2D eigenvalue weighted by Crippen LogP contribution is 2.06. The van der Waals surface area contributed by atoms with Gasteiger partial charge in [-0.2, -0.15) is 5.11 Å². The minimum absolute atomic E-state index is 0.157. The number of hydrogen-bond acceptors (Lipinski definition) is 5. The Morgan fingerprint density at radius 3 is 2.57 bits per heavy atom. The average Bonchev–Trinajstić information content (AvgIpc) is 2.46. The molecule has 0 radical (unpaired) electrons. The van der Waals surface area contributed by atoms with E-state index < -0.39 is 12.0 Å². The van der Waals surface area contributed by atoms with E-state index in [0.717, 1.165) is 6.08 Å². The van der Waals surface area contributed by atoms with E-state index in [1.165, 1.54) is 14.0 Å². The Kier molecular flexibility index (Phi) is 7.37. The molecule has 1 aromatic rings. The lowest BCUT2D eigenvalue weighted by atomic mass is 10.3. The summed E-state index contributed by atoms with van der Waals surface area (Å²) in [5.74, 6) is -0.563. The molecule has 0 saturated heterocycles. The lowest BCUT2D eigenvalue weighted by molar-refractivity contribution is -0.139. The smallest absolute Gasteiger partial charge is 0.364 e. The van der Waals surface area contributed by atoms with Gasteiger partial charge in [-0.15, -0.1) is 0 Å². The predicted octanol–water partition coefficient (Wildman–Crippen LogP) is 2.76. The van der Waals surface area contributed by atoms with Gasteiger partial charge in [0.1, 0.15) is 6.61 Å². The molecule has 0 unspecified atom stereocenters. The standard InChI is InChI=1S/C14H17N3O4/c1-11(10-13(18)21-9-8-20-2)16-17-14(19)15-12-6-4-3-5-7-12/h3-7,10H,8-9H2,1-2H3,(H,15,19)/b11-10+,17-16?. The fourth-order valence-corrected chi connectivity index (χ4v) is 1.26. The SMILES string of the molecule is COCCOC(=O)/C=C(\C)N=NC(=O)Nc1ccccc1. The molecule has 7 heteroatoms. The van der Waals surface area contributed by atoms with Gasteiger partial charge in [0.2, 0.25) is 0 Å². The molecule has 112 valence electrons. The lowest BCUT2D eigenvalue weighted by Crippen LogP contribution is -2.07. The van der Waals surface area contributed by atoms with Crippen molar-refractivity contribution in [3.8, 4) is 0 Å². The van der Waals surface area contributed by atoms with Crippen molar-refractivity contribution in [2.24, 2.45) is 10.2 Å². The number of ether oxygens (including phenoxy) is 2. The zero-order valence-electron chi connectivity index (χ0n) is 11.9. The number of allylic oxidation sites excluding steroid dienone is 1. The van der Waals surface area contributed by atoms with Gasteiger partial charge < -0.3 is 14.8 Å². The number of nitrogens with one attached hydrogen (secondary N) is 1. The molecule has 1 N–H and O–H groups in total. The first kappa shape index (κ1) is 16.5. The van der Waals surface area contributed by atoms with E-state index in [-0.39, 0.29) is 12.3 Å². The molecule has 0 atom stereocenters. The van der Waals surface area contributed by atoms with Crippen molar-refractivity contribution in [3.05, 3.63) is 42.1 Å². The summed E-state index contributed by atoms with van der Waals surface area (Å²) in [5, 5.41) is 9.61. The topological polar surface area (TPSA) is 89.3 Å². The molecule has 1 aromatic carbocycles. The van der Waals surface area contributed by atoms with Crippen LogP contribution in [0.1, 0.15) is 6.92 Å². The number of methoxy groups -OCH3 is 1. The van der Waals surface area contributed by atoms with Crippen molar-refractivity contribution < 1.29 is 19.1 Å². The second kappa shape index (κ2) is 9.38. The normalized spacial score (nSPS) is 11.4. The maximum atomic E-state index is 11.5. The highest BCUT2D eigenvalue weighted by atomic mass is 16.6. The molecule has 21 heavy (non-hydrogen) atoms. The monoisotopic (exact) mass is 291 g/mol. The summed E-state index contributed by atoms with van der Waals surface area (Å²) in [6.07, 6.45) is 1.15. The number of carbonyl (C=O) groups excluding carboxylic acids is 2. The van der Waals surface area contributed by atoms with Crippen molar-refractivity contribution in [2.45, 2.75) is 6.92 Å². The molecule has 0 aliphatic heterocycles. The highest BCUT2D eigenvalue weighted by molar-refractivity contribution is 5.89. The molecule has 1 rings (SSSR count). The Labute approximate surface area is 122 Å². The van der Waals surface area contributed by atoms with E-state index in [2.05, 4.69) is 15.5 Å². The van der Waals surface area contributed by atoms with Crippen LogP contribution in [0.3, 0.4) is 0 Å². The van der Waals surface area contributed by atoms with Gasteiger partial charge in [-0.05, 0) is 19.1 Å². The van der Waals surface area contributed by atoms with Crippen molar-refractivity contribution in [1.29, 1.82) is 0 Å². The molecular weight excluding hydrogens is 274 g/mol. The summed E-state index contributed by atoms with van der Waals surface area (Å²) in [6, 6.07) is 8.23. The minimum atomic E-state index is -0.623. The van der Waals surface area contributed by atoms with Crippen LogP contribution in [0.15, 0.2) is 52.3 Å². The first-order chi connectivity index (χ1) is 10.1. The molecule has 0 aromatic heterocycles. The summed E-state index contributed by atoms with van der Waals surface area (Å²) in [4.78, 5) is 22.8. The van der Waals surface area contributed by atoms with Gasteiger partial charge in [0.05, 0.1) is 12.3 Å². The van der Waals surface area contributed by atoms with E-state index in [4.69, 9.17) is 9.47 Å². The average molecular weight is 291 g/mol. The zero-order valence-corrected chi connectivity index (χ0v) is 11.9. The number of carbonyl (C=O) groups is 2. The summed E-state index contributed by atoms with van der Waals surface area (Å²) in [6.45, 7) is 2.02. The Bertz CT molecular complexity index is 526. The van der Waals surface area contributed by atoms with Gasteiger partial charge in [-0.1, -0.05) is 23.3 Å². The van der Waals surface area contributed by atoms with Crippen molar-refractivity contribution in [2.75, 3.05) is 25.6 Å². The third-order valence-corrected chi connectivity index (χ3v) is 2.18. The fraction of sp³-hybridized carbons (Fsp3) is 0.286. The fourth-order valence-electron chi connectivity index (χ4n) is 1.26. The summed E-state index contributed by atoms with van der Waals surface area (Å²) >= 11 is 0. The molecule has 0 aliphatic carbocycles. The number of anilines is 1. The second-order valence-corrected chi connectivity index (χ2v) is 3.94. The number of azo groups is 1. The number of benzene rings is 1. The van der Waals surface area contributed by atoms with Gasteiger partial charge >= 0.3 is 12.0 Å². The van der Waals surface area contributed by atoms with Crippen LogP contribution in [0.5, 0.6) is 0 Å². The molecular formula is C14H17N3O4. The largest absolute Gasteiger partial charge is 0.460 e. The number of esters is 1. The third kappa shape index (κ3) is 7.58. The minimum Gasteiger partial charge on any atom is -0.460 e. The summed E-state index contributed by atoms with van der Waals surface area (Å²) in [5.41, 5.74) is 0.877. The van der Waals surface area contributed by atoms with Gasteiger partial charge in [-0.3, -0.25) is 0 Å². The third-order valence-electron chi connectivity index (χ3n) is 2.18. The van der Waals surface area contributed by atoms with E-state index >= 15 is 0 Å². The van der Waals surface area contributed by atoms with Crippen LogP contribution in [0.2, 0.25) is 0 Å². The van der Waals surface area contributed by atoms with Crippen LogP contribution in [0.25, 0.3) is 0 Å². The van der Waals surface area contributed by atoms with E-state index in [0.29, 0.717) is 12.3 Å². The number of hydrogen-bond donors (Lipinski definition) is 1. The Morgan fingerprint density at radius 1 is 1.19 bits per heavy atom. The first-order valence-corrected chi connectivity index (χ1v) is 6.23. The van der Waals surface area contributed by atoms with Crippen LogP contribution in [-0.2, 0) is 14.3 Å². The number of para-hydroxylation sites is 1. The van der Waals surface area contributed by atoms with E-state index in [9.17, 15) is 9.59 Å². The number of urea groups is 1. The number of amides is 2. The lowest BCUT2D eigenvalue weighted by Gasteiger charge is -2.00. The number of rotatable bonds is 6. The molecule has 0 heterocycles. The molecule has 2 amide bonds. The van der Waals surface area contributed by atoms with E-state index in [1.807, 2.05) is 6.07 Å². The Morgan fingerprint density at radius 2 is 1.90 bits per heavy atom. The van der Waals surface area contributed by atoms with Gasteiger partial charge in [0.15, 0.2) is 0 Å². The van der Waals surface area contributed by atoms with Crippen LogP contribution >= 0.6 is 0 Å². The summed E-state index contributed by atoms with van der Waals surface area (Å²) in [7, 11) is 1.51. The van der Waals surface area contributed by atoms with Gasteiger partial charge in [-0.25, -0.2) is 9.59 Å². The van der Waals surface area contributed by atoms with Crippen LogP contribution in [0, 0.1) is 0 Å². The van der Waals surface area contributed by atoms with Crippen molar-refractivity contribution in [3.63, 3.8) is 0 Å². The predicted molar refractivity (Wildman–Crippen MR) is 76.9 cm³/mol. The molecule has 7 nitrogen and oxygen atoms in total. The first-order valence-electron chi connectivity index (χ1n) is 6.23. The number of nitrogens with zero attached hydrogens (tertiary/aromatic N) is 2. The quantitative estimate of drug-likeness (QED) is 0.377. The molecule has 0 saturated carbocycles. The van der Waals surface area contributed by atoms with Crippen LogP contribution in [-0.4, -0.2) is 32.3 Å². The molecule has 0 fully saturated rings. The maximum absolute atomic E-state index is 11.5. The highest BCUT2D eigenvalue weighted by Gasteiger charge is 2.01. The Hall–Kier alpha value is -2.54. The van der Waals surface area contributed by atoms with Gasteiger partial charge in [0.25, 0.3) is 0 Å². The van der Waals surface area contributed by atoms with Crippen molar-refractivity contribution >= 4 is 17.7 Å². The second-order valence-electron chi connectivity index (χ2n) is 3.94. The molecule has 0 spiro atoms. The van der Waals surface area contributed by atoms with Gasteiger partial charge in [0, 0.05) is 18.9 Å². The Balaban J connectivity index is 2.43.